The second-order valence-corrected chi connectivity index (χ2v) is 11.8. The molecular weight excluding hydrogens is 528 g/mol. The van der Waals surface area contributed by atoms with Crippen molar-refractivity contribution >= 4 is 0 Å². The lowest BCUT2D eigenvalue weighted by Gasteiger charge is -2.35. The summed E-state index contributed by atoms with van der Waals surface area (Å²) in [5, 5.41) is 0. The molecule has 0 heteroatoms. The molecule has 44 heavy (non-hydrogen) atoms. The first kappa shape index (κ1) is 26.2. The number of benzene rings is 7. The van der Waals surface area contributed by atoms with Crippen molar-refractivity contribution in [1.82, 2.24) is 0 Å². The maximum absolute atomic E-state index is 2.44. The monoisotopic (exact) mass is 560 g/mol. The first-order valence-corrected chi connectivity index (χ1v) is 15.4. The van der Waals surface area contributed by atoms with Gasteiger partial charge in [0.05, 0.1) is 5.41 Å². The Balaban J connectivity index is 1.46. The highest BCUT2D eigenvalue weighted by Gasteiger charge is 2.46. The number of hydrogen-bond acceptors (Lipinski definition) is 0. The number of fused-ring (bicyclic) bond motifs is 3. The van der Waals surface area contributed by atoms with E-state index in [2.05, 4.69) is 183 Å². The molecule has 0 unspecified atom stereocenters. The Morgan fingerprint density at radius 2 is 0.773 bits per heavy atom. The summed E-state index contributed by atoms with van der Waals surface area (Å²) in [6.07, 6.45) is 0. The second kappa shape index (κ2) is 10.7. The highest BCUT2D eigenvalue weighted by Crippen LogP contribution is 2.56. The van der Waals surface area contributed by atoms with E-state index in [1.165, 1.54) is 72.3 Å². The molecule has 0 radical (unpaired) electrons. The third kappa shape index (κ3) is 4.22. The van der Waals surface area contributed by atoms with E-state index in [4.69, 9.17) is 0 Å². The third-order valence-corrected chi connectivity index (χ3v) is 9.18. The van der Waals surface area contributed by atoms with Crippen molar-refractivity contribution in [2.45, 2.75) is 12.3 Å². The fraction of sp³-hybridized carbons (Fsp3) is 0.0455. The molecule has 0 atom stereocenters. The normalized spacial score (nSPS) is 12.8. The fourth-order valence-electron chi connectivity index (χ4n) is 7.22. The van der Waals surface area contributed by atoms with Crippen molar-refractivity contribution < 1.29 is 0 Å². The molecule has 1 aliphatic rings. The Hall–Kier alpha value is -5.46. The Labute approximate surface area is 259 Å². The molecule has 0 saturated carbocycles. The van der Waals surface area contributed by atoms with Crippen molar-refractivity contribution in [2.75, 3.05) is 0 Å². The van der Waals surface area contributed by atoms with Crippen molar-refractivity contribution in [3.05, 3.63) is 204 Å². The van der Waals surface area contributed by atoms with E-state index < -0.39 is 5.41 Å². The van der Waals surface area contributed by atoms with E-state index in [9.17, 15) is 0 Å². The summed E-state index contributed by atoms with van der Waals surface area (Å²) in [7, 11) is 0. The summed E-state index contributed by atoms with van der Waals surface area (Å²) in [5.41, 5.74) is 16.0. The van der Waals surface area contributed by atoms with Gasteiger partial charge in [-0.1, -0.05) is 157 Å². The van der Waals surface area contributed by atoms with Crippen LogP contribution in [0.2, 0.25) is 0 Å². The van der Waals surface area contributed by atoms with Gasteiger partial charge in [0.25, 0.3) is 0 Å². The van der Waals surface area contributed by atoms with Gasteiger partial charge in [-0.2, -0.15) is 0 Å². The molecule has 0 aliphatic heterocycles. The van der Waals surface area contributed by atoms with Crippen LogP contribution in [0.4, 0.5) is 0 Å². The highest BCUT2D eigenvalue weighted by molar-refractivity contribution is 5.88. The third-order valence-electron chi connectivity index (χ3n) is 9.18. The molecule has 8 rings (SSSR count). The number of rotatable bonds is 5. The topological polar surface area (TPSA) is 0 Å². The zero-order valence-corrected chi connectivity index (χ0v) is 24.7. The molecule has 208 valence electrons. The Bertz CT molecular complexity index is 2070. The minimum absolute atomic E-state index is 0.463. The van der Waals surface area contributed by atoms with Crippen LogP contribution in [-0.4, -0.2) is 0 Å². The Kier molecular flexibility index (Phi) is 6.35. The minimum atomic E-state index is -0.463. The van der Waals surface area contributed by atoms with Gasteiger partial charge < -0.3 is 0 Å². The molecule has 0 amide bonds. The van der Waals surface area contributed by atoms with E-state index >= 15 is 0 Å². The minimum Gasteiger partial charge on any atom is -0.0622 e. The smallest absolute Gasteiger partial charge is 0.0622 e. The van der Waals surface area contributed by atoms with Crippen LogP contribution in [0.1, 0.15) is 27.8 Å². The van der Waals surface area contributed by atoms with Gasteiger partial charge in [0.2, 0.25) is 0 Å². The standard InChI is InChI=1S/C44H32/c1-31-14-12-21-38(26-31)44(42-24-10-8-22-40(42)41-23-9-11-25-43(41)44)39-29-36(33-17-6-3-7-18-33)28-37(30-39)35-20-13-19-34(27-35)32-15-4-2-5-16-32/h2-30H,1H3. The first-order valence-electron chi connectivity index (χ1n) is 15.4. The van der Waals surface area contributed by atoms with E-state index in [1.807, 2.05) is 0 Å². The van der Waals surface area contributed by atoms with Crippen LogP contribution in [0, 0.1) is 6.92 Å². The highest BCUT2D eigenvalue weighted by atomic mass is 14.5. The summed E-state index contributed by atoms with van der Waals surface area (Å²) in [5.74, 6) is 0. The molecular formula is C44H32. The molecule has 0 fully saturated rings. The largest absolute Gasteiger partial charge is 0.0714 e. The maximum Gasteiger partial charge on any atom is 0.0714 e. The molecule has 0 spiro atoms. The molecule has 0 N–H and O–H groups in total. The molecule has 0 nitrogen and oxygen atoms in total. The molecule has 1 aliphatic carbocycles. The lowest BCUT2D eigenvalue weighted by Crippen LogP contribution is -2.28. The fourth-order valence-corrected chi connectivity index (χ4v) is 7.22. The molecule has 7 aromatic rings. The summed E-state index contributed by atoms with van der Waals surface area (Å²) in [6.45, 7) is 2.20. The van der Waals surface area contributed by atoms with Gasteiger partial charge in [0.1, 0.15) is 0 Å². The van der Waals surface area contributed by atoms with Gasteiger partial charge in [-0.3, -0.25) is 0 Å². The lowest BCUT2D eigenvalue weighted by atomic mass is 9.66. The number of hydrogen-bond donors (Lipinski definition) is 0. The quantitative estimate of drug-likeness (QED) is 0.196. The van der Waals surface area contributed by atoms with Gasteiger partial charge in [0, 0.05) is 0 Å². The molecule has 0 aromatic heterocycles. The SMILES string of the molecule is Cc1cccc(C2(c3cc(-c4ccccc4)cc(-c4cccc(-c5ccccc5)c4)c3)c3ccccc3-c3ccccc32)c1. The summed E-state index contributed by atoms with van der Waals surface area (Å²) in [4.78, 5) is 0. The van der Waals surface area contributed by atoms with Crippen molar-refractivity contribution in [1.29, 1.82) is 0 Å². The average Bonchev–Trinajstić information content (AvgIpc) is 3.40. The Morgan fingerprint density at radius 1 is 0.318 bits per heavy atom. The first-order chi connectivity index (χ1) is 21.7. The van der Waals surface area contributed by atoms with Crippen LogP contribution in [0.3, 0.4) is 0 Å². The summed E-state index contributed by atoms with van der Waals surface area (Å²) in [6, 6.07) is 64.7. The zero-order valence-electron chi connectivity index (χ0n) is 24.7. The molecule has 0 bridgehead atoms. The van der Waals surface area contributed by atoms with Crippen molar-refractivity contribution in [3.8, 4) is 44.5 Å². The van der Waals surface area contributed by atoms with Crippen LogP contribution in [-0.2, 0) is 5.41 Å². The van der Waals surface area contributed by atoms with Crippen molar-refractivity contribution in [2.24, 2.45) is 0 Å². The summed E-state index contributed by atoms with van der Waals surface area (Å²) < 4.78 is 0. The van der Waals surface area contributed by atoms with Crippen LogP contribution in [0.15, 0.2) is 176 Å². The van der Waals surface area contributed by atoms with Gasteiger partial charge in [-0.25, -0.2) is 0 Å². The van der Waals surface area contributed by atoms with E-state index in [-0.39, 0.29) is 0 Å². The van der Waals surface area contributed by atoms with Crippen molar-refractivity contribution in [3.63, 3.8) is 0 Å². The predicted octanol–water partition coefficient (Wildman–Crippen LogP) is 11.4. The maximum atomic E-state index is 2.44. The molecule has 0 heterocycles. The van der Waals surface area contributed by atoms with Crippen LogP contribution in [0.5, 0.6) is 0 Å². The lowest BCUT2D eigenvalue weighted by molar-refractivity contribution is 0.768. The molecule has 0 saturated heterocycles. The zero-order chi connectivity index (χ0) is 29.5. The van der Waals surface area contributed by atoms with E-state index in [1.54, 1.807) is 0 Å². The van der Waals surface area contributed by atoms with Crippen LogP contribution >= 0.6 is 0 Å². The van der Waals surface area contributed by atoms with E-state index in [0.717, 1.165) is 0 Å². The van der Waals surface area contributed by atoms with Crippen LogP contribution in [0.25, 0.3) is 44.5 Å². The van der Waals surface area contributed by atoms with Crippen LogP contribution < -0.4 is 0 Å². The average molecular weight is 561 g/mol. The van der Waals surface area contributed by atoms with Gasteiger partial charge >= 0.3 is 0 Å². The molecule has 7 aromatic carbocycles. The van der Waals surface area contributed by atoms with Gasteiger partial charge in [-0.15, -0.1) is 0 Å². The summed E-state index contributed by atoms with van der Waals surface area (Å²) >= 11 is 0. The van der Waals surface area contributed by atoms with Gasteiger partial charge in [0.15, 0.2) is 0 Å². The van der Waals surface area contributed by atoms with Gasteiger partial charge in [-0.05, 0) is 98.0 Å². The second-order valence-electron chi connectivity index (χ2n) is 11.8. The Morgan fingerprint density at radius 3 is 1.39 bits per heavy atom. The number of aryl methyl sites for hydroxylation is 1. The predicted molar refractivity (Wildman–Crippen MR) is 185 cm³/mol. The van der Waals surface area contributed by atoms with E-state index in [0.29, 0.717) is 0 Å².